The monoisotopic (exact) mass is 362 g/mol. The molecule has 0 spiro atoms. The highest BCUT2D eigenvalue weighted by atomic mass is 16.5. The van der Waals surface area contributed by atoms with Gasteiger partial charge in [0.15, 0.2) is 6.10 Å². The lowest BCUT2D eigenvalue weighted by Gasteiger charge is -2.34. The zero-order chi connectivity index (χ0) is 19.3. The van der Waals surface area contributed by atoms with Crippen LogP contribution in [0.1, 0.15) is 40.0 Å². The van der Waals surface area contributed by atoms with Crippen LogP contribution < -0.4 is 15.0 Å². The van der Waals surface area contributed by atoms with E-state index in [0.29, 0.717) is 24.3 Å². The predicted octanol–water partition coefficient (Wildman–Crippen LogP) is 2.20. The lowest BCUT2D eigenvalue weighted by Crippen LogP contribution is -2.48. The second-order valence-electron chi connectivity index (χ2n) is 6.49. The van der Waals surface area contributed by atoms with Crippen molar-refractivity contribution in [2.45, 2.75) is 52.2 Å². The van der Waals surface area contributed by atoms with Crippen molar-refractivity contribution in [1.29, 1.82) is 0 Å². The third kappa shape index (κ3) is 4.33. The lowest BCUT2D eigenvalue weighted by molar-refractivity contribution is -0.143. The maximum absolute atomic E-state index is 12.6. The average molecular weight is 362 g/mol. The number of nitrogens with zero attached hydrogens (tertiary/aromatic N) is 1. The molecule has 1 aromatic rings. The fraction of sp³-hybridized carbons (Fsp3) is 0.526. The fourth-order valence-corrected chi connectivity index (χ4v) is 2.91. The first kappa shape index (κ1) is 19.8. The fourth-order valence-electron chi connectivity index (χ4n) is 2.91. The molecular formula is C19H26N2O5. The number of hydrogen-bond donors (Lipinski definition) is 2. The van der Waals surface area contributed by atoms with Crippen LogP contribution >= 0.6 is 0 Å². The van der Waals surface area contributed by atoms with Gasteiger partial charge < -0.3 is 20.1 Å². The Morgan fingerprint density at radius 3 is 2.62 bits per heavy atom. The average Bonchev–Trinajstić information content (AvgIpc) is 2.64. The van der Waals surface area contributed by atoms with Crippen LogP contribution in [0.15, 0.2) is 24.3 Å². The quantitative estimate of drug-likeness (QED) is 0.739. The van der Waals surface area contributed by atoms with Crippen LogP contribution in [-0.2, 0) is 14.4 Å². The van der Waals surface area contributed by atoms with E-state index in [0.717, 1.165) is 0 Å². The summed E-state index contributed by atoms with van der Waals surface area (Å²) in [7, 11) is 0. The molecule has 0 bridgehead atoms. The van der Waals surface area contributed by atoms with Gasteiger partial charge in [0.25, 0.3) is 5.91 Å². The highest BCUT2D eigenvalue weighted by molar-refractivity contribution is 6.00. The first-order chi connectivity index (χ1) is 12.4. The first-order valence-electron chi connectivity index (χ1n) is 8.98. The number of hydrogen-bond acceptors (Lipinski definition) is 4. The minimum Gasteiger partial charge on any atom is -0.480 e. The summed E-state index contributed by atoms with van der Waals surface area (Å²) in [5, 5.41) is 11.8. The van der Waals surface area contributed by atoms with Crippen molar-refractivity contribution in [1.82, 2.24) is 5.32 Å². The van der Waals surface area contributed by atoms with Crippen molar-refractivity contribution in [2.24, 2.45) is 5.92 Å². The number of carbonyl (C=O) groups excluding carboxylic acids is 2. The molecule has 1 aliphatic heterocycles. The van der Waals surface area contributed by atoms with Gasteiger partial charge in [-0.2, -0.15) is 0 Å². The van der Waals surface area contributed by atoms with Crippen LogP contribution in [0.3, 0.4) is 0 Å². The number of aliphatic carboxylic acids is 1. The Balaban J connectivity index is 2.06. The number of ether oxygens (including phenoxy) is 1. The van der Waals surface area contributed by atoms with E-state index >= 15 is 0 Å². The van der Waals surface area contributed by atoms with Crippen LogP contribution in [0.25, 0.3) is 0 Å². The van der Waals surface area contributed by atoms with Crippen LogP contribution in [-0.4, -0.2) is 41.6 Å². The largest absolute Gasteiger partial charge is 0.480 e. The van der Waals surface area contributed by atoms with Gasteiger partial charge in [0.2, 0.25) is 5.91 Å². The smallest absolute Gasteiger partial charge is 0.326 e. The standard InChI is InChI=1S/C19H26N2O5/c1-4-12(3)17(19(24)25)20-16(22)10-11-21-13-8-6-7-9-15(13)26-14(5-2)18(21)23/h6-9,12,14,17H,4-5,10-11H2,1-3H3,(H,20,22)(H,24,25). The summed E-state index contributed by atoms with van der Waals surface area (Å²) < 4.78 is 5.70. The van der Waals surface area contributed by atoms with E-state index in [1.54, 1.807) is 30.0 Å². The number of carboxylic acids is 1. The van der Waals surface area contributed by atoms with E-state index < -0.39 is 18.1 Å². The number of carbonyl (C=O) groups is 3. The highest BCUT2D eigenvalue weighted by Gasteiger charge is 2.33. The first-order valence-corrected chi connectivity index (χ1v) is 8.98. The van der Waals surface area contributed by atoms with Crippen LogP contribution in [0.5, 0.6) is 5.75 Å². The van der Waals surface area contributed by atoms with E-state index in [1.807, 2.05) is 19.9 Å². The number of anilines is 1. The normalized spacial score (nSPS) is 18.5. The van der Waals surface area contributed by atoms with Gasteiger partial charge in [-0.05, 0) is 24.5 Å². The second kappa shape index (κ2) is 8.69. The van der Waals surface area contributed by atoms with Gasteiger partial charge in [0.05, 0.1) is 5.69 Å². The molecule has 2 N–H and O–H groups in total. The summed E-state index contributed by atoms with van der Waals surface area (Å²) >= 11 is 0. The molecule has 26 heavy (non-hydrogen) atoms. The molecule has 0 saturated carbocycles. The number of benzene rings is 1. The zero-order valence-electron chi connectivity index (χ0n) is 15.4. The van der Waals surface area contributed by atoms with E-state index in [-0.39, 0.29) is 30.7 Å². The Morgan fingerprint density at radius 2 is 2.00 bits per heavy atom. The molecule has 3 unspecified atom stereocenters. The van der Waals surface area contributed by atoms with Crippen LogP contribution in [0, 0.1) is 5.92 Å². The maximum atomic E-state index is 12.6. The Hall–Kier alpha value is -2.57. The molecule has 1 aliphatic rings. The molecule has 7 nitrogen and oxygen atoms in total. The topological polar surface area (TPSA) is 95.9 Å². The van der Waals surface area contributed by atoms with Gasteiger partial charge in [-0.3, -0.25) is 9.59 Å². The molecule has 7 heteroatoms. The van der Waals surface area contributed by atoms with Crippen molar-refractivity contribution in [3.05, 3.63) is 24.3 Å². The van der Waals surface area contributed by atoms with Crippen molar-refractivity contribution in [3.8, 4) is 5.75 Å². The van der Waals surface area contributed by atoms with Gasteiger partial charge >= 0.3 is 5.97 Å². The van der Waals surface area contributed by atoms with E-state index in [2.05, 4.69) is 5.32 Å². The molecule has 0 aliphatic carbocycles. The molecule has 0 fully saturated rings. The summed E-state index contributed by atoms with van der Waals surface area (Å²) in [5.41, 5.74) is 0.631. The third-order valence-corrected chi connectivity index (χ3v) is 4.70. The molecule has 0 saturated heterocycles. The summed E-state index contributed by atoms with van der Waals surface area (Å²) in [4.78, 5) is 37.7. The maximum Gasteiger partial charge on any atom is 0.326 e. The lowest BCUT2D eigenvalue weighted by atomic mass is 9.99. The molecule has 0 radical (unpaired) electrons. The minimum absolute atomic E-state index is 0.0245. The number of fused-ring (bicyclic) bond motifs is 1. The number of amides is 2. The van der Waals surface area contributed by atoms with E-state index in [9.17, 15) is 19.5 Å². The highest BCUT2D eigenvalue weighted by Crippen LogP contribution is 2.34. The second-order valence-corrected chi connectivity index (χ2v) is 6.49. The summed E-state index contributed by atoms with van der Waals surface area (Å²) in [6.45, 7) is 5.70. The SMILES string of the molecule is CCC1Oc2ccccc2N(CCC(=O)NC(C(=O)O)C(C)CC)C1=O. The number of nitrogens with one attached hydrogen (secondary N) is 1. The Bertz CT molecular complexity index is 676. The molecule has 2 rings (SSSR count). The van der Waals surface area contributed by atoms with Crippen molar-refractivity contribution < 1.29 is 24.2 Å². The predicted molar refractivity (Wildman–Crippen MR) is 97.1 cm³/mol. The molecule has 0 aromatic heterocycles. The molecule has 1 aromatic carbocycles. The van der Waals surface area contributed by atoms with E-state index in [4.69, 9.17) is 4.74 Å². The number of rotatable bonds is 8. The number of carboxylic acid groups (broad SMARTS) is 1. The Morgan fingerprint density at radius 1 is 1.31 bits per heavy atom. The summed E-state index contributed by atoms with van der Waals surface area (Å²) in [6, 6.07) is 6.27. The van der Waals surface area contributed by atoms with Gasteiger partial charge in [-0.15, -0.1) is 0 Å². The summed E-state index contributed by atoms with van der Waals surface area (Å²) in [5.74, 6) is -1.18. The van der Waals surface area contributed by atoms with Gasteiger partial charge in [-0.1, -0.05) is 39.3 Å². The molecule has 3 atom stereocenters. The minimum atomic E-state index is -1.05. The Kier molecular flexibility index (Phi) is 6.60. The summed E-state index contributed by atoms with van der Waals surface area (Å²) in [6.07, 6.45) is 0.631. The Labute approximate surface area is 153 Å². The number of para-hydroxylation sites is 2. The van der Waals surface area contributed by atoms with Gasteiger partial charge in [0, 0.05) is 13.0 Å². The molecule has 2 amide bonds. The van der Waals surface area contributed by atoms with Crippen LogP contribution in [0.2, 0.25) is 0 Å². The van der Waals surface area contributed by atoms with Gasteiger partial charge in [-0.25, -0.2) is 4.79 Å². The van der Waals surface area contributed by atoms with Crippen LogP contribution in [0.4, 0.5) is 5.69 Å². The van der Waals surface area contributed by atoms with E-state index in [1.165, 1.54) is 0 Å². The molecule has 142 valence electrons. The molecular weight excluding hydrogens is 336 g/mol. The van der Waals surface area contributed by atoms with Crippen molar-refractivity contribution in [3.63, 3.8) is 0 Å². The van der Waals surface area contributed by atoms with Gasteiger partial charge in [0.1, 0.15) is 11.8 Å². The zero-order valence-corrected chi connectivity index (χ0v) is 15.4. The van der Waals surface area contributed by atoms with Crippen molar-refractivity contribution in [2.75, 3.05) is 11.4 Å². The molecule has 1 heterocycles. The third-order valence-electron chi connectivity index (χ3n) is 4.70. The van der Waals surface area contributed by atoms with Crippen molar-refractivity contribution >= 4 is 23.5 Å².